The maximum Gasteiger partial charge on any atom is 0.495 e. The Morgan fingerprint density at radius 1 is 0.933 bits per heavy atom. The van der Waals surface area contributed by atoms with Crippen LogP contribution in [0.4, 0.5) is 18.0 Å². The predicted molar refractivity (Wildman–Crippen MR) is 166 cm³/mol. The molecule has 1 saturated heterocycles. The lowest BCUT2D eigenvalue weighted by Gasteiger charge is -2.42. The monoisotopic (exact) mass is 625 g/mol. The summed E-state index contributed by atoms with van der Waals surface area (Å²) in [7, 11) is -0.629. The minimum atomic E-state index is -4.56. The highest BCUT2D eigenvalue weighted by molar-refractivity contribution is 6.62. The van der Waals surface area contributed by atoms with Crippen LogP contribution in [0.2, 0.25) is 0 Å². The van der Waals surface area contributed by atoms with Gasteiger partial charge in [-0.1, -0.05) is 58.0 Å². The fourth-order valence-electron chi connectivity index (χ4n) is 6.28. The van der Waals surface area contributed by atoms with Gasteiger partial charge >= 0.3 is 19.4 Å². The fraction of sp³-hybridized carbons (Fsp3) is 0.424. The number of alkyl halides is 3. The van der Waals surface area contributed by atoms with Crippen molar-refractivity contribution in [1.82, 2.24) is 15.6 Å². The van der Waals surface area contributed by atoms with Crippen LogP contribution in [-0.2, 0) is 22.0 Å². The topological polar surface area (TPSA) is 110 Å². The SMILES string of the molecule is CCC1(CC)OB(c2ccnc(C(=O)N[C@H](C)c3ccc(-c4cc(C(F)(F)F)ccc4CNC(=O)O)cc3)c2)OC1(CC)CC. The number of pyridine rings is 1. The van der Waals surface area contributed by atoms with E-state index in [9.17, 15) is 22.8 Å². The van der Waals surface area contributed by atoms with Crippen molar-refractivity contribution >= 4 is 24.6 Å². The fourth-order valence-corrected chi connectivity index (χ4v) is 6.28. The molecule has 0 radical (unpaired) electrons. The maximum atomic E-state index is 13.4. The number of halogens is 3. The molecule has 0 spiro atoms. The lowest BCUT2D eigenvalue weighted by atomic mass is 9.75. The summed E-state index contributed by atoms with van der Waals surface area (Å²) in [5, 5.41) is 14.1. The number of carboxylic acid groups (broad SMARTS) is 1. The third-order valence-electron chi connectivity index (χ3n) is 9.01. The number of nitrogens with zero attached hydrogens (tertiary/aromatic N) is 1. The molecule has 12 heteroatoms. The summed E-state index contributed by atoms with van der Waals surface area (Å²) in [4.78, 5) is 28.5. The van der Waals surface area contributed by atoms with Gasteiger partial charge < -0.3 is 25.0 Å². The molecule has 1 atom stereocenters. The Bertz CT molecular complexity index is 1490. The lowest BCUT2D eigenvalue weighted by Crippen LogP contribution is -2.50. The molecule has 2 aromatic carbocycles. The van der Waals surface area contributed by atoms with Crippen LogP contribution in [0.15, 0.2) is 60.8 Å². The Balaban J connectivity index is 1.51. The van der Waals surface area contributed by atoms with Crippen molar-refractivity contribution in [3.8, 4) is 11.1 Å². The van der Waals surface area contributed by atoms with Gasteiger partial charge in [0.05, 0.1) is 22.8 Å². The zero-order chi connectivity index (χ0) is 33.0. The molecule has 1 aliphatic rings. The van der Waals surface area contributed by atoms with E-state index in [4.69, 9.17) is 14.4 Å². The van der Waals surface area contributed by atoms with E-state index in [1.807, 2.05) is 0 Å². The van der Waals surface area contributed by atoms with Crippen molar-refractivity contribution in [1.29, 1.82) is 0 Å². The quantitative estimate of drug-likeness (QED) is 0.201. The van der Waals surface area contributed by atoms with E-state index in [2.05, 4.69) is 43.3 Å². The Hall–Kier alpha value is -3.90. The van der Waals surface area contributed by atoms with Gasteiger partial charge in [0.15, 0.2) is 0 Å². The number of rotatable bonds is 11. The van der Waals surface area contributed by atoms with Gasteiger partial charge in [0.25, 0.3) is 5.91 Å². The molecular formula is C33H39BF3N3O5. The van der Waals surface area contributed by atoms with Gasteiger partial charge in [-0.3, -0.25) is 9.78 Å². The van der Waals surface area contributed by atoms with Crippen LogP contribution in [-0.4, -0.2) is 40.4 Å². The number of nitrogens with one attached hydrogen (secondary N) is 2. The first-order chi connectivity index (χ1) is 21.3. The average molecular weight is 625 g/mol. The molecule has 0 unspecified atom stereocenters. The van der Waals surface area contributed by atoms with Crippen molar-refractivity contribution in [3.63, 3.8) is 0 Å². The van der Waals surface area contributed by atoms with Gasteiger partial charge in [-0.15, -0.1) is 0 Å². The summed E-state index contributed by atoms with van der Waals surface area (Å²) in [6.07, 6.45) is -1.10. The highest BCUT2D eigenvalue weighted by atomic mass is 19.4. The van der Waals surface area contributed by atoms with Crippen LogP contribution < -0.4 is 16.1 Å². The number of hydrogen-bond donors (Lipinski definition) is 3. The van der Waals surface area contributed by atoms with E-state index in [0.29, 0.717) is 22.2 Å². The molecular weight excluding hydrogens is 586 g/mol. The van der Waals surface area contributed by atoms with E-state index in [1.54, 1.807) is 49.5 Å². The molecule has 240 valence electrons. The highest BCUT2D eigenvalue weighted by Crippen LogP contribution is 2.46. The lowest BCUT2D eigenvalue weighted by molar-refractivity contribution is -0.137. The number of hydrogen-bond acceptors (Lipinski definition) is 5. The normalized spacial score (nSPS) is 16.3. The molecule has 45 heavy (non-hydrogen) atoms. The molecule has 2 heterocycles. The smallest absolute Gasteiger partial charge is 0.465 e. The zero-order valence-corrected chi connectivity index (χ0v) is 26.1. The Morgan fingerprint density at radius 2 is 1.53 bits per heavy atom. The summed E-state index contributed by atoms with van der Waals surface area (Å²) in [6.45, 7) is 10.0. The van der Waals surface area contributed by atoms with E-state index in [0.717, 1.165) is 37.8 Å². The molecule has 1 fully saturated rings. The Labute approximate surface area is 261 Å². The molecule has 3 N–H and O–H groups in total. The molecule has 4 rings (SSSR count). The Morgan fingerprint density at radius 3 is 2.07 bits per heavy atom. The van der Waals surface area contributed by atoms with E-state index < -0.39 is 48.1 Å². The summed E-state index contributed by atoms with van der Waals surface area (Å²) < 4.78 is 53.4. The third-order valence-corrected chi connectivity index (χ3v) is 9.01. The second-order valence-corrected chi connectivity index (χ2v) is 11.3. The van der Waals surface area contributed by atoms with Crippen molar-refractivity contribution in [2.45, 2.75) is 90.3 Å². The summed E-state index contributed by atoms with van der Waals surface area (Å²) in [6, 6.07) is 12.9. The van der Waals surface area contributed by atoms with Gasteiger partial charge in [-0.05, 0) is 84.6 Å². The maximum absolute atomic E-state index is 13.4. The van der Waals surface area contributed by atoms with Crippen LogP contribution in [0.3, 0.4) is 0 Å². The van der Waals surface area contributed by atoms with Crippen molar-refractivity contribution in [3.05, 3.63) is 83.2 Å². The second kappa shape index (κ2) is 13.6. The first-order valence-corrected chi connectivity index (χ1v) is 15.2. The van der Waals surface area contributed by atoms with Crippen LogP contribution >= 0.6 is 0 Å². The van der Waals surface area contributed by atoms with Crippen molar-refractivity contribution in [2.75, 3.05) is 0 Å². The van der Waals surface area contributed by atoms with Crippen LogP contribution in [0, 0.1) is 0 Å². The standard InChI is InChI=1S/C33H39BF3N3O5/c1-6-31(7-2)32(8-3,9-4)45-34(44-31)26-16-17-38-28(19-26)29(41)40-21(5)22-10-12-23(13-11-22)27-18-25(33(35,36)37)15-14-24(27)20-39-30(42)43/h10-19,21,39H,6-9,20H2,1-5H3,(H,40,41)(H,42,43)/t21-/m1/s1. The van der Waals surface area contributed by atoms with Gasteiger partial charge in [0.2, 0.25) is 0 Å². The minimum absolute atomic E-state index is 0.157. The molecule has 3 aromatic rings. The van der Waals surface area contributed by atoms with Gasteiger partial charge in [-0.2, -0.15) is 13.2 Å². The molecule has 1 aliphatic heterocycles. The van der Waals surface area contributed by atoms with Gasteiger partial charge in [-0.25, -0.2) is 4.79 Å². The largest absolute Gasteiger partial charge is 0.495 e. The predicted octanol–water partition coefficient (Wildman–Crippen LogP) is 6.89. The minimum Gasteiger partial charge on any atom is -0.465 e. The van der Waals surface area contributed by atoms with E-state index in [-0.39, 0.29) is 17.8 Å². The number of amides is 2. The van der Waals surface area contributed by atoms with E-state index >= 15 is 0 Å². The number of carbonyl (C=O) groups excluding carboxylic acids is 1. The zero-order valence-electron chi connectivity index (χ0n) is 26.1. The van der Waals surface area contributed by atoms with Gasteiger partial charge in [0, 0.05) is 12.7 Å². The first-order valence-electron chi connectivity index (χ1n) is 15.2. The molecule has 1 aromatic heterocycles. The molecule has 0 aliphatic carbocycles. The Kier molecular flexibility index (Phi) is 10.3. The van der Waals surface area contributed by atoms with Gasteiger partial charge in [0.1, 0.15) is 5.69 Å². The number of carbonyl (C=O) groups is 2. The number of aromatic nitrogens is 1. The van der Waals surface area contributed by atoms with Crippen molar-refractivity contribution in [2.24, 2.45) is 0 Å². The van der Waals surface area contributed by atoms with Crippen LogP contribution in [0.25, 0.3) is 11.1 Å². The number of benzene rings is 2. The summed E-state index contributed by atoms with van der Waals surface area (Å²) in [5.74, 6) is -0.402. The second-order valence-electron chi connectivity index (χ2n) is 11.3. The molecule has 0 bridgehead atoms. The first kappa shape index (κ1) is 34.0. The van der Waals surface area contributed by atoms with Crippen molar-refractivity contribution < 1.29 is 37.2 Å². The third kappa shape index (κ3) is 7.02. The molecule has 2 amide bonds. The molecule has 8 nitrogen and oxygen atoms in total. The summed E-state index contributed by atoms with van der Waals surface area (Å²) in [5.41, 5.74) is 1.04. The van der Waals surface area contributed by atoms with E-state index in [1.165, 1.54) is 6.07 Å². The average Bonchev–Trinajstić information content (AvgIpc) is 3.38. The molecule has 0 saturated carbocycles. The summed E-state index contributed by atoms with van der Waals surface area (Å²) >= 11 is 0. The highest BCUT2D eigenvalue weighted by Gasteiger charge is 2.58. The van der Waals surface area contributed by atoms with Crippen LogP contribution in [0.5, 0.6) is 0 Å². The van der Waals surface area contributed by atoms with Crippen LogP contribution in [0.1, 0.15) is 93.5 Å².